The highest BCUT2D eigenvalue weighted by atomic mass is 16.5. The third kappa shape index (κ3) is 3.63. The normalized spacial score (nSPS) is 10.3. The number of benzene rings is 1. The number of aromatic hydroxyl groups is 1. The number of phenolic OH excluding ortho intramolecular Hbond substituents is 1. The molecule has 0 saturated heterocycles. The van der Waals surface area contributed by atoms with Gasteiger partial charge in [0, 0.05) is 6.07 Å². The Morgan fingerprint density at radius 1 is 1.15 bits per heavy atom. The highest BCUT2D eigenvalue weighted by molar-refractivity contribution is 5.44. The first-order valence-electron chi connectivity index (χ1n) is 6.81. The van der Waals surface area contributed by atoms with Crippen LogP contribution >= 0.6 is 0 Å². The van der Waals surface area contributed by atoms with Gasteiger partial charge < -0.3 is 14.6 Å². The third-order valence-electron chi connectivity index (χ3n) is 2.79. The molecule has 0 aliphatic rings. The lowest BCUT2D eigenvalue weighted by molar-refractivity contribution is 0.325. The van der Waals surface area contributed by atoms with Gasteiger partial charge in [-0.05, 0) is 37.1 Å². The molecule has 0 spiro atoms. The van der Waals surface area contributed by atoms with Crippen LogP contribution in [0.25, 0.3) is 0 Å². The van der Waals surface area contributed by atoms with E-state index in [0.29, 0.717) is 24.0 Å². The van der Waals surface area contributed by atoms with Crippen molar-refractivity contribution in [1.29, 1.82) is 0 Å². The molecule has 106 valence electrons. The molecule has 0 fully saturated rings. The Balaban J connectivity index is 2.09. The van der Waals surface area contributed by atoms with Crippen molar-refractivity contribution in [2.24, 2.45) is 0 Å². The molecule has 0 radical (unpaired) electrons. The van der Waals surface area contributed by atoms with Crippen molar-refractivity contribution >= 4 is 0 Å². The predicted octanol–water partition coefficient (Wildman–Crippen LogP) is 3.93. The largest absolute Gasteiger partial charge is 0.504 e. The molecule has 1 aromatic carbocycles. The van der Waals surface area contributed by atoms with Gasteiger partial charge in [-0.2, -0.15) is 0 Å². The van der Waals surface area contributed by atoms with Gasteiger partial charge in [-0.25, -0.2) is 4.98 Å². The van der Waals surface area contributed by atoms with Gasteiger partial charge in [0.2, 0.25) is 5.88 Å². The van der Waals surface area contributed by atoms with Crippen molar-refractivity contribution in [1.82, 2.24) is 4.98 Å². The number of ether oxygens (including phenoxy) is 2. The smallest absolute Gasteiger partial charge is 0.213 e. The van der Waals surface area contributed by atoms with E-state index >= 15 is 0 Å². The fourth-order valence-electron chi connectivity index (χ4n) is 1.88. The standard InChI is InChI=1S/C16H19NO3/c1-3-5-12-6-8-15(14(18)10-12)20-13-7-9-16(17-11-13)19-4-2/h6-11,18H,3-5H2,1-2H3. The molecule has 4 nitrogen and oxygen atoms in total. The zero-order chi connectivity index (χ0) is 14.4. The summed E-state index contributed by atoms with van der Waals surface area (Å²) in [5, 5.41) is 9.95. The predicted molar refractivity (Wildman–Crippen MR) is 77.6 cm³/mol. The number of nitrogens with zero attached hydrogens (tertiary/aromatic N) is 1. The van der Waals surface area contributed by atoms with Crippen LogP contribution in [-0.2, 0) is 6.42 Å². The lowest BCUT2D eigenvalue weighted by Crippen LogP contribution is -1.94. The number of phenols is 1. The molecular weight excluding hydrogens is 254 g/mol. The monoisotopic (exact) mass is 273 g/mol. The van der Waals surface area contributed by atoms with Crippen LogP contribution in [0.1, 0.15) is 25.8 Å². The lowest BCUT2D eigenvalue weighted by atomic mass is 10.1. The van der Waals surface area contributed by atoms with Gasteiger partial charge in [-0.3, -0.25) is 0 Å². The van der Waals surface area contributed by atoms with Crippen LogP contribution in [0.4, 0.5) is 0 Å². The van der Waals surface area contributed by atoms with Crippen LogP contribution < -0.4 is 9.47 Å². The summed E-state index contributed by atoms with van der Waals surface area (Å²) in [5.41, 5.74) is 1.10. The second kappa shape index (κ2) is 6.80. The summed E-state index contributed by atoms with van der Waals surface area (Å²) < 4.78 is 10.9. The molecule has 0 aliphatic heterocycles. The van der Waals surface area contributed by atoms with Crippen LogP contribution in [0.5, 0.6) is 23.1 Å². The molecule has 0 unspecified atom stereocenters. The summed E-state index contributed by atoms with van der Waals surface area (Å²) in [4.78, 5) is 4.11. The highest BCUT2D eigenvalue weighted by Crippen LogP contribution is 2.31. The summed E-state index contributed by atoms with van der Waals surface area (Å²) in [5.74, 6) is 1.69. The fraction of sp³-hybridized carbons (Fsp3) is 0.312. The molecule has 0 bridgehead atoms. The summed E-state index contributed by atoms with van der Waals surface area (Å²) in [7, 11) is 0. The van der Waals surface area contributed by atoms with E-state index in [2.05, 4.69) is 11.9 Å². The van der Waals surface area contributed by atoms with Crippen molar-refractivity contribution in [3.8, 4) is 23.1 Å². The maximum absolute atomic E-state index is 9.95. The Labute approximate surface area is 119 Å². The van der Waals surface area contributed by atoms with Gasteiger partial charge in [0.1, 0.15) is 5.75 Å². The minimum Gasteiger partial charge on any atom is -0.504 e. The van der Waals surface area contributed by atoms with Gasteiger partial charge in [-0.1, -0.05) is 19.4 Å². The number of pyridine rings is 1. The van der Waals surface area contributed by atoms with E-state index in [4.69, 9.17) is 9.47 Å². The molecule has 2 rings (SSSR count). The van der Waals surface area contributed by atoms with Gasteiger partial charge in [0.25, 0.3) is 0 Å². The second-order valence-electron chi connectivity index (χ2n) is 4.42. The lowest BCUT2D eigenvalue weighted by Gasteiger charge is -2.09. The highest BCUT2D eigenvalue weighted by Gasteiger charge is 2.06. The third-order valence-corrected chi connectivity index (χ3v) is 2.79. The molecule has 0 amide bonds. The Morgan fingerprint density at radius 3 is 2.60 bits per heavy atom. The molecular formula is C16H19NO3. The van der Waals surface area contributed by atoms with Crippen LogP contribution in [0.2, 0.25) is 0 Å². The molecule has 4 heteroatoms. The first-order chi connectivity index (χ1) is 9.72. The van der Waals surface area contributed by atoms with Crippen LogP contribution in [0.15, 0.2) is 36.5 Å². The molecule has 0 saturated carbocycles. The molecule has 1 N–H and O–H groups in total. The van der Waals surface area contributed by atoms with Crippen LogP contribution in [0.3, 0.4) is 0 Å². The van der Waals surface area contributed by atoms with Crippen molar-refractivity contribution in [3.05, 3.63) is 42.1 Å². The molecule has 1 aromatic heterocycles. The van der Waals surface area contributed by atoms with E-state index in [1.54, 1.807) is 30.5 Å². The zero-order valence-electron chi connectivity index (χ0n) is 11.8. The van der Waals surface area contributed by atoms with E-state index in [1.807, 2.05) is 13.0 Å². The van der Waals surface area contributed by atoms with E-state index in [0.717, 1.165) is 18.4 Å². The summed E-state index contributed by atoms with van der Waals surface area (Å²) in [6, 6.07) is 8.97. The topological polar surface area (TPSA) is 51.6 Å². The minimum atomic E-state index is 0.143. The number of hydrogen-bond acceptors (Lipinski definition) is 4. The zero-order valence-corrected chi connectivity index (χ0v) is 11.8. The van der Waals surface area contributed by atoms with E-state index < -0.39 is 0 Å². The van der Waals surface area contributed by atoms with Crippen molar-refractivity contribution < 1.29 is 14.6 Å². The average Bonchev–Trinajstić information content (AvgIpc) is 2.44. The maximum atomic E-state index is 9.95. The Hall–Kier alpha value is -2.23. The number of aryl methyl sites for hydroxylation is 1. The molecule has 20 heavy (non-hydrogen) atoms. The van der Waals surface area contributed by atoms with E-state index in [-0.39, 0.29) is 5.75 Å². The molecule has 1 heterocycles. The van der Waals surface area contributed by atoms with Gasteiger partial charge >= 0.3 is 0 Å². The Morgan fingerprint density at radius 2 is 2.00 bits per heavy atom. The molecule has 2 aromatic rings. The van der Waals surface area contributed by atoms with Crippen molar-refractivity contribution in [2.45, 2.75) is 26.7 Å². The van der Waals surface area contributed by atoms with Crippen molar-refractivity contribution in [2.75, 3.05) is 6.61 Å². The van der Waals surface area contributed by atoms with Gasteiger partial charge in [0.05, 0.1) is 12.8 Å². The van der Waals surface area contributed by atoms with Crippen molar-refractivity contribution in [3.63, 3.8) is 0 Å². The maximum Gasteiger partial charge on any atom is 0.213 e. The average molecular weight is 273 g/mol. The quantitative estimate of drug-likeness (QED) is 0.866. The molecule has 0 atom stereocenters. The van der Waals surface area contributed by atoms with E-state index in [9.17, 15) is 5.11 Å². The fourth-order valence-corrected chi connectivity index (χ4v) is 1.88. The SMILES string of the molecule is CCCc1ccc(Oc2ccc(OCC)nc2)c(O)c1. The van der Waals surface area contributed by atoms with Gasteiger partial charge in [0.15, 0.2) is 11.5 Å². The van der Waals surface area contributed by atoms with Gasteiger partial charge in [-0.15, -0.1) is 0 Å². The molecule has 0 aliphatic carbocycles. The van der Waals surface area contributed by atoms with Crippen LogP contribution in [0, 0.1) is 0 Å². The van der Waals surface area contributed by atoms with Crippen LogP contribution in [-0.4, -0.2) is 16.7 Å². The first kappa shape index (κ1) is 14.2. The summed E-state index contributed by atoms with van der Waals surface area (Å²) in [6.45, 7) is 4.59. The Kier molecular flexibility index (Phi) is 4.82. The minimum absolute atomic E-state index is 0.143. The first-order valence-corrected chi connectivity index (χ1v) is 6.81. The van der Waals surface area contributed by atoms with E-state index in [1.165, 1.54) is 0 Å². The Bertz CT molecular complexity index is 552. The summed E-state index contributed by atoms with van der Waals surface area (Å²) >= 11 is 0. The number of hydrogen-bond donors (Lipinski definition) is 1. The number of rotatable bonds is 6. The number of aromatic nitrogens is 1. The summed E-state index contributed by atoms with van der Waals surface area (Å²) in [6.07, 6.45) is 3.56. The second-order valence-corrected chi connectivity index (χ2v) is 4.42.